The minimum absolute atomic E-state index is 0.0975. The molecule has 2 unspecified atom stereocenters. The van der Waals surface area contributed by atoms with E-state index >= 15 is 0 Å². The van der Waals surface area contributed by atoms with Crippen LogP contribution in [-0.4, -0.2) is 44.9 Å². The van der Waals surface area contributed by atoms with Gasteiger partial charge in [0.25, 0.3) is 10.0 Å². The van der Waals surface area contributed by atoms with Crippen molar-refractivity contribution in [2.24, 2.45) is 10.9 Å². The second kappa shape index (κ2) is 6.47. The maximum Gasteiger partial charge on any atom is 0.347 e. The standard InChI is InChI=1S/C16H18N2O6S/c1-9(2)13(16(20)24-11-7-8-23-15(11)19)17-14-10-5-3-4-6-12(10)25(21,22)18-14/h3-6,9,11,13H,7-8H2,1-2H3,(H,17,18). The van der Waals surface area contributed by atoms with Crippen LogP contribution in [-0.2, 0) is 29.1 Å². The number of aliphatic imine (C=N–C) groups is 1. The van der Waals surface area contributed by atoms with Crippen molar-refractivity contribution >= 4 is 27.8 Å². The van der Waals surface area contributed by atoms with Gasteiger partial charge < -0.3 is 9.47 Å². The van der Waals surface area contributed by atoms with Crippen LogP contribution in [0, 0.1) is 5.92 Å². The number of carbonyl (C=O) groups is 2. The van der Waals surface area contributed by atoms with E-state index in [4.69, 9.17) is 9.47 Å². The van der Waals surface area contributed by atoms with Crippen LogP contribution in [0.2, 0.25) is 0 Å². The van der Waals surface area contributed by atoms with Gasteiger partial charge in [0.05, 0.1) is 11.5 Å². The Kier molecular flexibility index (Phi) is 4.51. The summed E-state index contributed by atoms with van der Waals surface area (Å²) in [6.45, 7) is 3.74. The van der Waals surface area contributed by atoms with Gasteiger partial charge in [0.1, 0.15) is 5.84 Å². The average Bonchev–Trinajstić information content (AvgIpc) is 3.06. The molecule has 1 fully saturated rings. The maximum atomic E-state index is 12.4. The van der Waals surface area contributed by atoms with Crippen LogP contribution in [0.1, 0.15) is 25.8 Å². The van der Waals surface area contributed by atoms with Crippen molar-refractivity contribution < 1.29 is 27.5 Å². The van der Waals surface area contributed by atoms with Crippen LogP contribution < -0.4 is 4.72 Å². The summed E-state index contributed by atoms with van der Waals surface area (Å²) >= 11 is 0. The molecule has 2 aliphatic heterocycles. The van der Waals surface area contributed by atoms with E-state index in [2.05, 4.69) is 9.71 Å². The predicted octanol–water partition coefficient (Wildman–Crippen LogP) is 0.608. The molecule has 1 saturated heterocycles. The van der Waals surface area contributed by atoms with Crippen LogP contribution >= 0.6 is 0 Å². The van der Waals surface area contributed by atoms with Gasteiger partial charge in [-0.3, -0.25) is 9.71 Å². The Hall–Kier alpha value is -2.42. The highest BCUT2D eigenvalue weighted by molar-refractivity contribution is 7.90. The number of ether oxygens (including phenoxy) is 2. The zero-order valence-corrected chi connectivity index (χ0v) is 14.6. The number of sulfonamides is 1. The van der Waals surface area contributed by atoms with Crippen molar-refractivity contribution in [3.63, 3.8) is 0 Å². The Balaban J connectivity index is 1.88. The predicted molar refractivity (Wildman–Crippen MR) is 87.4 cm³/mol. The summed E-state index contributed by atoms with van der Waals surface area (Å²) in [5, 5.41) is 0. The Morgan fingerprint density at radius 3 is 2.72 bits per heavy atom. The van der Waals surface area contributed by atoms with Gasteiger partial charge in [0, 0.05) is 12.0 Å². The molecule has 0 aliphatic carbocycles. The minimum atomic E-state index is -3.69. The molecule has 25 heavy (non-hydrogen) atoms. The molecular formula is C16H18N2O6S. The molecule has 0 spiro atoms. The third-order valence-electron chi connectivity index (χ3n) is 3.95. The van der Waals surface area contributed by atoms with Crippen molar-refractivity contribution in [2.75, 3.05) is 6.61 Å². The van der Waals surface area contributed by atoms with Crippen molar-refractivity contribution in [1.29, 1.82) is 0 Å². The van der Waals surface area contributed by atoms with E-state index < -0.39 is 34.1 Å². The van der Waals surface area contributed by atoms with Gasteiger partial charge >= 0.3 is 11.9 Å². The number of hydrogen-bond donors (Lipinski definition) is 1. The second-order valence-electron chi connectivity index (χ2n) is 6.15. The number of carbonyl (C=O) groups excluding carboxylic acids is 2. The molecule has 0 saturated carbocycles. The number of cyclic esters (lactones) is 1. The number of nitrogens with one attached hydrogen (secondary N) is 1. The zero-order valence-electron chi connectivity index (χ0n) is 13.8. The molecule has 0 aromatic heterocycles. The smallest absolute Gasteiger partial charge is 0.347 e. The normalized spacial score (nSPS) is 23.9. The summed E-state index contributed by atoms with van der Waals surface area (Å²) in [6.07, 6.45) is -0.622. The van der Waals surface area contributed by atoms with Crippen molar-refractivity contribution in [3.8, 4) is 0 Å². The molecule has 3 rings (SSSR count). The average molecular weight is 366 g/mol. The summed E-state index contributed by atoms with van der Waals surface area (Å²) in [7, 11) is -3.69. The highest BCUT2D eigenvalue weighted by Gasteiger charge is 2.36. The van der Waals surface area contributed by atoms with Crippen LogP contribution in [0.15, 0.2) is 34.2 Å². The quantitative estimate of drug-likeness (QED) is 0.782. The van der Waals surface area contributed by atoms with Crippen molar-refractivity contribution in [2.45, 2.75) is 37.3 Å². The molecule has 9 heteroatoms. The largest absolute Gasteiger partial charge is 0.463 e. The van der Waals surface area contributed by atoms with Gasteiger partial charge in [-0.1, -0.05) is 26.0 Å². The van der Waals surface area contributed by atoms with E-state index in [0.29, 0.717) is 12.0 Å². The highest BCUT2D eigenvalue weighted by atomic mass is 32.2. The topological polar surface area (TPSA) is 111 Å². The summed E-state index contributed by atoms with van der Waals surface area (Å²) in [5.74, 6) is -1.42. The Morgan fingerprint density at radius 2 is 2.08 bits per heavy atom. The minimum Gasteiger partial charge on any atom is -0.463 e. The van der Waals surface area contributed by atoms with Crippen molar-refractivity contribution in [3.05, 3.63) is 29.8 Å². The first-order chi connectivity index (χ1) is 11.8. The second-order valence-corrected chi connectivity index (χ2v) is 7.80. The van der Waals surface area contributed by atoms with Gasteiger partial charge in [0.15, 0.2) is 6.04 Å². The van der Waals surface area contributed by atoms with Gasteiger partial charge in [-0.25, -0.2) is 18.0 Å². The molecule has 8 nitrogen and oxygen atoms in total. The third kappa shape index (κ3) is 3.37. The van der Waals surface area contributed by atoms with E-state index in [1.54, 1.807) is 32.0 Å². The van der Waals surface area contributed by atoms with E-state index in [-0.39, 0.29) is 23.3 Å². The molecule has 2 heterocycles. The Bertz CT molecular complexity index is 846. The highest BCUT2D eigenvalue weighted by Crippen LogP contribution is 2.24. The fourth-order valence-corrected chi connectivity index (χ4v) is 3.88. The van der Waals surface area contributed by atoms with Crippen LogP contribution in [0.3, 0.4) is 0 Å². The van der Waals surface area contributed by atoms with Gasteiger partial charge in [-0.05, 0) is 18.1 Å². The fraction of sp³-hybridized carbons (Fsp3) is 0.438. The summed E-state index contributed by atoms with van der Waals surface area (Å²) < 4.78 is 36.6. The Morgan fingerprint density at radius 1 is 1.36 bits per heavy atom. The number of rotatable bonds is 4. The maximum absolute atomic E-state index is 12.4. The van der Waals surface area contributed by atoms with Gasteiger partial charge in [-0.2, -0.15) is 0 Å². The van der Waals surface area contributed by atoms with E-state index in [9.17, 15) is 18.0 Å². The lowest BCUT2D eigenvalue weighted by Gasteiger charge is -2.18. The monoisotopic (exact) mass is 366 g/mol. The molecule has 1 N–H and O–H groups in total. The van der Waals surface area contributed by atoms with Gasteiger partial charge in [-0.15, -0.1) is 0 Å². The summed E-state index contributed by atoms with van der Waals surface area (Å²) in [5.41, 5.74) is 0.404. The van der Waals surface area contributed by atoms with Crippen LogP contribution in [0.5, 0.6) is 0 Å². The molecule has 2 aliphatic rings. The lowest BCUT2D eigenvalue weighted by Crippen LogP contribution is -2.34. The molecule has 2 atom stereocenters. The Labute approximate surface area is 145 Å². The summed E-state index contributed by atoms with van der Waals surface area (Å²) in [4.78, 5) is 28.3. The van der Waals surface area contributed by atoms with E-state index in [0.717, 1.165) is 0 Å². The number of hydrogen-bond acceptors (Lipinski definition) is 7. The summed E-state index contributed by atoms with van der Waals surface area (Å²) in [6, 6.07) is 5.44. The molecule has 0 bridgehead atoms. The third-order valence-corrected chi connectivity index (χ3v) is 5.35. The van der Waals surface area contributed by atoms with Crippen LogP contribution in [0.4, 0.5) is 0 Å². The SMILES string of the molecule is CC(C)C(N=C1NS(=O)(=O)c2ccccc21)C(=O)OC1CCOC1=O. The molecule has 0 amide bonds. The first-order valence-electron chi connectivity index (χ1n) is 7.87. The zero-order chi connectivity index (χ0) is 18.2. The number of benzene rings is 1. The van der Waals surface area contributed by atoms with Crippen LogP contribution in [0.25, 0.3) is 0 Å². The molecular weight excluding hydrogens is 348 g/mol. The molecule has 0 radical (unpaired) electrons. The first-order valence-corrected chi connectivity index (χ1v) is 9.35. The van der Waals surface area contributed by atoms with Crippen molar-refractivity contribution in [1.82, 2.24) is 4.72 Å². The first kappa shape index (κ1) is 17.4. The molecule has 1 aromatic carbocycles. The number of nitrogens with zero attached hydrogens (tertiary/aromatic N) is 1. The molecule has 134 valence electrons. The van der Waals surface area contributed by atoms with E-state index in [1.165, 1.54) is 6.07 Å². The fourth-order valence-electron chi connectivity index (χ4n) is 2.64. The number of amidine groups is 1. The van der Waals surface area contributed by atoms with Gasteiger partial charge in [0.2, 0.25) is 6.10 Å². The lowest BCUT2D eigenvalue weighted by atomic mass is 10.0. The number of esters is 2. The van der Waals surface area contributed by atoms with E-state index in [1.807, 2.05) is 0 Å². The number of fused-ring (bicyclic) bond motifs is 1. The lowest BCUT2D eigenvalue weighted by molar-refractivity contribution is -0.161. The molecule has 1 aromatic rings.